The van der Waals surface area contributed by atoms with Crippen LogP contribution in [-0.2, 0) is 4.84 Å². The van der Waals surface area contributed by atoms with E-state index in [2.05, 4.69) is 10.2 Å². The molecule has 1 aromatic rings. The summed E-state index contributed by atoms with van der Waals surface area (Å²) in [6, 6.07) is 4.96. The Balaban J connectivity index is 2.88. The van der Waals surface area contributed by atoms with Crippen molar-refractivity contribution >= 4 is 5.91 Å². The third kappa shape index (κ3) is 4.11. The first-order valence-electron chi connectivity index (χ1n) is 5.79. The second-order valence-electron chi connectivity index (χ2n) is 4.72. The van der Waals surface area contributed by atoms with Gasteiger partial charge in [0.1, 0.15) is 0 Å². The van der Waals surface area contributed by atoms with Crippen LogP contribution in [0.3, 0.4) is 0 Å². The maximum Gasteiger partial charge on any atom is 0.251 e. The van der Waals surface area contributed by atoms with Gasteiger partial charge >= 0.3 is 0 Å². The number of carbonyl (C=O) groups is 1. The van der Waals surface area contributed by atoms with Gasteiger partial charge in [-0.2, -0.15) is 0 Å². The molecule has 0 aliphatic carbocycles. The molecular formula is C13H20N2O4. The largest absolute Gasteiger partial charge is 0.493 e. The van der Waals surface area contributed by atoms with Crippen molar-refractivity contribution in [3.8, 4) is 11.5 Å². The van der Waals surface area contributed by atoms with Gasteiger partial charge < -0.3 is 19.6 Å². The Morgan fingerprint density at radius 3 is 2.42 bits per heavy atom. The molecule has 0 fully saturated rings. The zero-order valence-corrected chi connectivity index (χ0v) is 11.6. The van der Waals surface area contributed by atoms with Gasteiger partial charge in [0.25, 0.3) is 5.91 Å². The van der Waals surface area contributed by atoms with Gasteiger partial charge in [-0.1, -0.05) is 0 Å². The van der Waals surface area contributed by atoms with Crippen molar-refractivity contribution in [2.45, 2.75) is 19.4 Å². The summed E-state index contributed by atoms with van der Waals surface area (Å²) in [5.74, 6) is 5.87. The van der Waals surface area contributed by atoms with Crippen LogP contribution >= 0.6 is 0 Å². The normalized spacial score (nSPS) is 11.0. The molecule has 0 aromatic heterocycles. The number of hydrogen-bond donors (Lipinski definition) is 2. The van der Waals surface area contributed by atoms with E-state index in [9.17, 15) is 4.79 Å². The highest BCUT2D eigenvalue weighted by atomic mass is 16.6. The molecular weight excluding hydrogens is 248 g/mol. The molecule has 19 heavy (non-hydrogen) atoms. The molecule has 1 aromatic carbocycles. The van der Waals surface area contributed by atoms with Crippen LogP contribution in [0.1, 0.15) is 24.2 Å². The fourth-order valence-corrected chi connectivity index (χ4v) is 1.60. The highest BCUT2D eigenvalue weighted by Crippen LogP contribution is 2.27. The third-order valence-corrected chi connectivity index (χ3v) is 2.54. The van der Waals surface area contributed by atoms with E-state index in [0.717, 1.165) is 0 Å². The Morgan fingerprint density at radius 1 is 1.26 bits per heavy atom. The maximum absolute atomic E-state index is 12.1. The Morgan fingerprint density at radius 2 is 1.89 bits per heavy atom. The summed E-state index contributed by atoms with van der Waals surface area (Å²) >= 11 is 0. The molecule has 6 nitrogen and oxygen atoms in total. The minimum Gasteiger partial charge on any atom is -0.493 e. The number of hydrogen-bond acceptors (Lipinski definition) is 5. The lowest BCUT2D eigenvalue weighted by atomic mass is 10.1. The van der Waals surface area contributed by atoms with E-state index in [1.54, 1.807) is 25.3 Å². The van der Waals surface area contributed by atoms with Crippen molar-refractivity contribution in [2.75, 3.05) is 20.8 Å². The van der Waals surface area contributed by atoms with Crippen molar-refractivity contribution in [3.05, 3.63) is 23.8 Å². The zero-order chi connectivity index (χ0) is 14.5. The summed E-state index contributed by atoms with van der Waals surface area (Å²) in [4.78, 5) is 16.7. The number of benzene rings is 1. The Kier molecular flexibility index (Phi) is 5.14. The van der Waals surface area contributed by atoms with Crippen molar-refractivity contribution < 1.29 is 19.1 Å². The van der Waals surface area contributed by atoms with Gasteiger partial charge in [0.05, 0.1) is 26.4 Å². The molecule has 6 heteroatoms. The van der Waals surface area contributed by atoms with Crippen LogP contribution in [0.5, 0.6) is 11.5 Å². The molecule has 106 valence electrons. The number of nitrogens with one attached hydrogen (secondary N) is 1. The molecule has 0 bridgehead atoms. The molecule has 0 saturated heterocycles. The van der Waals surface area contributed by atoms with Gasteiger partial charge in [-0.15, -0.1) is 0 Å². The standard InChI is InChI=1S/C13H20N2O4/c1-13(2,8-19-14)15-12(16)9-5-6-10(17-3)11(7-9)18-4/h5-7H,8,14H2,1-4H3,(H,15,16). The average Bonchev–Trinajstić information content (AvgIpc) is 2.37. The molecule has 0 heterocycles. The van der Waals surface area contributed by atoms with E-state index in [-0.39, 0.29) is 12.5 Å². The molecule has 1 rings (SSSR count). The number of amides is 1. The summed E-state index contributed by atoms with van der Waals surface area (Å²) in [6.07, 6.45) is 0. The summed E-state index contributed by atoms with van der Waals surface area (Å²) in [5.41, 5.74) is -0.0818. The summed E-state index contributed by atoms with van der Waals surface area (Å²) in [7, 11) is 3.06. The third-order valence-electron chi connectivity index (χ3n) is 2.54. The molecule has 0 atom stereocenters. The number of ether oxygens (including phenoxy) is 2. The Hall–Kier alpha value is -1.79. The molecule has 0 radical (unpaired) electrons. The van der Waals surface area contributed by atoms with E-state index in [1.807, 2.05) is 13.8 Å². The highest BCUT2D eigenvalue weighted by molar-refractivity contribution is 5.95. The Bertz CT molecular complexity index is 446. The first kappa shape index (κ1) is 15.3. The van der Waals surface area contributed by atoms with Crippen LogP contribution in [0.15, 0.2) is 18.2 Å². The van der Waals surface area contributed by atoms with Crippen molar-refractivity contribution in [3.63, 3.8) is 0 Å². The topological polar surface area (TPSA) is 82.8 Å². The lowest BCUT2D eigenvalue weighted by Crippen LogP contribution is -2.47. The molecule has 0 spiro atoms. The molecule has 0 saturated carbocycles. The summed E-state index contributed by atoms with van der Waals surface area (Å²) in [6.45, 7) is 3.85. The predicted octanol–water partition coefficient (Wildman–Crippen LogP) is 1.10. The van der Waals surface area contributed by atoms with Crippen LogP contribution < -0.4 is 20.7 Å². The number of nitrogens with two attached hydrogens (primary N) is 1. The number of rotatable bonds is 6. The SMILES string of the molecule is COc1ccc(C(=O)NC(C)(C)CON)cc1OC. The van der Waals surface area contributed by atoms with Crippen LogP contribution in [0.4, 0.5) is 0 Å². The van der Waals surface area contributed by atoms with E-state index < -0.39 is 5.54 Å². The maximum atomic E-state index is 12.1. The van der Waals surface area contributed by atoms with Gasteiger partial charge in [-0.3, -0.25) is 4.79 Å². The Labute approximate surface area is 112 Å². The van der Waals surface area contributed by atoms with Crippen molar-refractivity contribution in [1.29, 1.82) is 0 Å². The van der Waals surface area contributed by atoms with E-state index in [0.29, 0.717) is 17.1 Å². The molecule has 3 N–H and O–H groups in total. The smallest absolute Gasteiger partial charge is 0.251 e. The lowest BCUT2D eigenvalue weighted by molar-refractivity contribution is 0.0687. The summed E-state index contributed by atoms with van der Waals surface area (Å²) < 4.78 is 10.3. The second kappa shape index (κ2) is 6.40. The molecule has 0 unspecified atom stereocenters. The van der Waals surface area contributed by atoms with Crippen LogP contribution in [0.2, 0.25) is 0 Å². The van der Waals surface area contributed by atoms with Gasteiger partial charge in [-0.05, 0) is 32.0 Å². The monoisotopic (exact) mass is 268 g/mol. The van der Waals surface area contributed by atoms with Crippen molar-refractivity contribution in [2.24, 2.45) is 5.90 Å². The van der Waals surface area contributed by atoms with E-state index in [4.69, 9.17) is 15.4 Å². The highest BCUT2D eigenvalue weighted by Gasteiger charge is 2.22. The van der Waals surface area contributed by atoms with Crippen LogP contribution in [0.25, 0.3) is 0 Å². The van der Waals surface area contributed by atoms with Crippen LogP contribution in [-0.4, -0.2) is 32.3 Å². The van der Waals surface area contributed by atoms with Crippen molar-refractivity contribution in [1.82, 2.24) is 5.32 Å². The molecule has 0 aliphatic rings. The quantitative estimate of drug-likeness (QED) is 0.755. The fraction of sp³-hybridized carbons (Fsp3) is 0.462. The zero-order valence-electron chi connectivity index (χ0n) is 11.6. The molecule has 0 aliphatic heterocycles. The van der Waals surface area contributed by atoms with Gasteiger partial charge in [-0.25, -0.2) is 5.90 Å². The summed E-state index contributed by atoms with van der Waals surface area (Å²) in [5, 5.41) is 2.82. The minimum absolute atomic E-state index is 0.214. The first-order valence-corrected chi connectivity index (χ1v) is 5.79. The van der Waals surface area contributed by atoms with Crippen LogP contribution in [0, 0.1) is 0 Å². The second-order valence-corrected chi connectivity index (χ2v) is 4.72. The number of methoxy groups -OCH3 is 2. The predicted molar refractivity (Wildman–Crippen MR) is 71.2 cm³/mol. The number of carbonyl (C=O) groups excluding carboxylic acids is 1. The van der Waals surface area contributed by atoms with Gasteiger partial charge in [0.15, 0.2) is 11.5 Å². The van der Waals surface area contributed by atoms with E-state index >= 15 is 0 Å². The minimum atomic E-state index is -0.557. The van der Waals surface area contributed by atoms with Gasteiger partial charge in [0, 0.05) is 5.56 Å². The fourth-order valence-electron chi connectivity index (χ4n) is 1.60. The average molecular weight is 268 g/mol. The van der Waals surface area contributed by atoms with Gasteiger partial charge in [0.2, 0.25) is 0 Å². The van der Waals surface area contributed by atoms with E-state index in [1.165, 1.54) is 7.11 Å². The lowest BCUT2D eigenvalue weighted by Gasteiger charge is -2.24. The molecule has 1 amide bonds. The first-order chi connectivity index (χ1) is 8.93.